The maximum atomic E-state index is 13.3. The van der Waals surface area contributed by atoms with Crippen molar-refractivity contribution in [2.24, 2.45) is 0 Å². The van der Waals surface area contributed by atoms with E-state index in [1.54, 1.807) is 6.07 Å². The molecule has 2 aromatic carbocycles. The lowest BCUT2D eigenvalue weighted by Gasteiger charge is -2.14. The van der Waals surface area contributed by atoms with E-state index in [9.17, 15) is 9.18 Å². The Labute approximate surface area is 106 Å². The Morgan fingerprint density at radius 2 is 1.83 bits per heavy atom. The first-order valence-corrected chi connectivity index (χ1v) is 5.92. The highest BCUT2D eigenvalue weighted by molar-refractivity contribution is 5.98. The average molecular weight is 245 g/mol. The minimum atomic E-state index is -1.40. The Kier molecular flexibility index (Phi) is 3.32. The third-order valence-electron chi connectivity index (χ3n) is 2.68. The average Bonchev–Trinajstić information content (AvgIpc) is 2.34. The maximum Gasteiger partial charge on any atom is 0.251 e. The Bertz CT molecular complexity index is 572. The van der Waals surface area contributed by atoms with Gasteiger partial charge in [0.05, 0.1) is 6.54 Å². The molecule has 0 aliphatic rings. The molecule has 1 amide bonds. The van der Waals surface area contributed by atoms with Gasteiger partial charge in [0.1, 0.15) is 5.67 Å². The van der Waals surface area contributed by atoms with Crippen LogP contribution in [0.25, 0.3) is 10.8 Å². The van der Waals surface area contributed by atoms with Gasteiger partial charge in [0.2, 0.25) is 0 Å². The highest BCUT2D eigenvalue weighted by Crippen LogP contribution is 2.15. The van der Waals surface area contributed by atoms with Gasteiger partial charge in [0, 0.05) is 5.56 Å². The molecule has 2 aromatic rings. The van der Waals surface area contributed by atoms with E-state index in [1.807, 2.05) is 36.4 Å². The van der Waals surface area contributed by atoms with Gasteiger partial charge in [-0.1, -0.05) is 30.3 Å². The fourth-order valence-electron chi connectivity index (χ4n) is 1.72. The zero-order chi connectivity index (χ0) is 13.2. The first-order chi connectivity index (χ1) is 8.46. The third kappa shape index (κ3) is 3.06. The Balaban J connectivity index is 2.18. The molecule has 0 aromatic heterocycles. The predicted molar refractivity (Wildman–Crippen MR) is 71.5 cm³/mol. The predicted octanol–water partition coefficient (Wildman–Crippen LogP) is 3.32. The van der Waals surface area contributed by atoms with E-state index in [2.05, 4.69) is 5.32 Å². The molecule has 3 heteroatoms. The van der Waals surface area contributed by atoms with Gasteiger partial charge in [-0.25, -0.2) is 4.39 Å². The smallest absolute Gasteiger partial charge is 0.251 e. The van der Waals surface area contributed by atoms with E-state index in [-0.39, 0.29) is 12.5 Å². The van der Waals surface area contributed by atoms with Crippen LogP contribution in [0.4, 0.5) is 4.39 Å². The molecule has 0 spiro atoms. The lowest BCUT2D eigenvalue weighted by Crippen LogP contribution is -2.35. The molecular formula is C15H16FNO. The van der Waals surface area contributed by atoms with Crippen LogP contribution in [-0.4, -0.2) is 18.1 Å². The SMILES string of the molecule is CC(C)(F)CNC(=O)c1ccc2ccccc2c1. The number of nitrogens with one attached hydrogen (secondary N) is 1. The monoisotopic (exact) mass is 245 g/mol. The fourth-order valence-corrected chi connectivity index (χ4v) is 1.72. The zero-order valence-electron chi connectivity index (χ0n) is 10.5. The van der Waals surface area contributed by atoms with E-state index in [1.165, 1.54) is 13.8 Å². The van der Waals surface area contributed by atoms with Crippen LogP contribution in [0.1, 0.15) is 24.2 Å². The van der Waals surface area contributed by atoms with E-state index in [4.69, 9.17) is 0 Å². The van der Waals surface area contributed by atoms with Crippen LogP contribution in [0, 0.1) is 0 Å². The topological polar surface area (TPSA) is 29.1 Å². The molecular weight excluding hydrogens is 229 g/mol. The maximum absolute atomic E-state index is 13.3. The summed E-state index contributed by atoms with van der Waals surface area (Å²) in [4.78, 5) is 11.9. The Hall–Kier alpha value is -1.90. The molecule has 94 valence electrons. The van der Waals surface area contributed by atoms with Crippen LogP contribution in [0.3, 0.4) is 0 Å². The molecule has 0 bridgehead atoms. The number of hydrogen-bond acceptors (Lipinski definition) is 1. The lowest BCUT2D eigenvalue weighted by atomic mass is 10.1. The second-order valence-electron chi connectivity index (χ2n) is 4.96. The first kappa shape index (κ1) is 12.6. The summed E-state index contributed by atoms with van der Waals surface area (Å²) in [7, 11) is 0. The van der Waals surface area contributed by atoms with E-state index < -0.39 is 5.67 Å². The van der Waals surface area contributed by atoms with Crippen molar-refractivity contribution < 1.29 is 9.18 Å². The minimum absolute atomic E-state index is 0.0126. The number of alkyl halides is 1. The van der Waals surface area contributed by atoms with Gasteiger partial charge in [-0.05, 0) is 36.8 Å². The van der Waals surface area contributed by atoms with Gasteiger partial charge in [-0.2, -0.15) is 0 Å². The van der Waals surface area contributed by atoms with Crippen molar-refractivity contribution in [2.45, 2.75) is 19.5 Å². The van der Waals surface area contributed by atoms with E-state index in [0.29, 0.717) is 5.56 Å². The molecule has 0 saturated heterocycles. The minimum Gasteiger partial charge on any atom is -0.349 e. The highest BCUT2D eigenvalue weighted by Gasteiger charge is 2.17. The first-order valence-electron chi connectivity index (χ1n) is 5.92. The summed E-state index contributed by atoms with van der Waals surface area (Å²) in [6, 6.07) is 13.3. The number of amides is 1. The largest absolute Gasteiger partial charge is 0.349 e. The number of benzene rings is 2. The molecule has 2 nitrogen and oxygen atoms in total. The number of hydrogen-bond donors (Lipinski definition) is 1. The molecule has 0 unspecified atom stereocenters. The summed E-state index contributed by atoms with van der Waals surface area (Å²) < 4.78 is 13.3. The number of fused-ring (bicyclic) bond motifs is 1. The molecule has 0 atom stereocenters. The number of carbonyl (C=O) groups excluding carboxylic acids is 1. The quantitative estimate of drug-likeness (QED) is 0.883. The van der Waals surface area contributed by atoms with Crippen LogP contribution < -0.4 is 5.32 Å². The van der Waals surface area contributed by atoms with Gasteiger partial charge in [-0.15, -0.1) is 0 Å². The highest BCUT2D eigenvalue weighted by atomic mass is 19.1. The van der Waals surface area contributed by atoms with Crippen LogP contribution in [-0.2, 0) is 0 Å². The number of halogens is 1. The second kappa shape index (κ2) is 4.77. The Morgan fingerprint density at radius 3 is 2.50 bits per heavy atom. The van der Waals surface area contributed by atoms with E-state index >= 15 is 0 Å². The van der Waals surface area contributed by atoms with Gasteiger partial charge in [0.25, 0.3) is 5.91 Å². The summed E-state index contributed by atoms with van der Waals surface area (Å²) in [6.07, 6.45) is 0. The summed E-state index contributed by atoms with van der Waals surface area (Å²) in [5.74, 6) is -0.244. The third-order valence-corrected chi connectivity index (χ3v) is 2.68. The molecule has 18 heavy (non-hydrogen) atoms. The van der Waals surface area contributed by atoms with Gasteiger partial charge in [0.15, 0.2) is 0 Å². The van der Waals surface area contributed by atoms with Crippen molar-refractivity contribution in [3.05, 3.63) is 48.0 Å². The molecule has 0 heterocycles. The second-order valence-corrected chi connectivity index (χ2v) is 4.96. The zero-order valence-corrected chi connectivity index (χ0v) is 10.5. The van der Waals surface area contributed by atoms with Crippen molar-refractivity contribution in [1.82, 2.24) is 5.32 Å². The summed E-state index contributed by atoms with van der Waals surface area (Å²) in [6.45, 7) is 2.89. The van der Waals surface area contributed by atoms with Crippen LogP contribution in [0.15, 0.2) is 42.5 Å². The van der Waals surface area contributed by atoms with Crippen molar-refractivity contribution in [3.63, 3.8) is 0 Å². The standard InChI is InChI=1S/C15H16FNO/c1-15(2,16)10-17-14(18)13-8-7-11-5-3-4-6-12(11)9-13/h3-9H,10H2,1-2H3,(H,17,18). The molecule has 1 N–H and O–H groups in total. The molecule has 0 radical (unpaired) electrons. The van der Waals surface area contributed by atoms with Gasteiger partial charge < -0.3 is 5.32 Å². The summed E-state index contributed by atoms with van der Waals surface area (Å²) in [5.41, 5.74) is -0.843. The lowest BCUT2D eigenvalue weighted by molar-refractivity contribution is 0.0921. The number of rotatable bonds is 3. The number of carbonyl (C=O) groups is 1. The normalized spacial score (nSPS) is 11.5. The van der Waals surface area contributed by atoms with Gasteiger partial charge in [-0.3, -0.25) is 4.79 Å². The van der Waals surface area contributed by atoms with Crippen LogP contribution in [0.5, 0.6) is 0 Å². The summed E-state index contributed by atoms with van der Waals surface area (Å²) in [5, 5.41) is 4.68. The summed E-state index contributed by atoms with van der Waals surface area (Å²) >= 11 is 0. The van der Waals surface area contributed by atoms with Crippen LogP contribution >= 0.6 is 0 Å². The van der Waals surface area contributed by atoms with Crippen LogP contribution in [0.2, 0.25) is 0 Å². The molecule has 0 fully saturated rings. The van der Waals surface area contributed by atoms with Crippen molar-refractivity contribution in [2.75, 3.05) is 6.54 Å². The van der Waals surface area contributed by atoms with Crippen molar-refractivity contribution >= 4 is 16.7 Å². The van der Waals surface area contributed by atoms with Gasteiger partial charge >= 0.3 is 0 Å². The van der Waals surface area contributed by atoms with Crippen molar-refractivity contribution in [3.8, 4) is 0 Å². The molecule has 0 saturated carbocycles. The molecule has 0 aliphatic heterocycles. The Morgan fingerprint density at radius 1 is 1.17 bits per heavy atom. The van der Waals surface area contributed by atoms with E-state index in [0.717, 1.165) is 10.8 Å². The van der Waals surface area contributed by atoms with Crippen molar-refractivity contribution in [1.29, 1.82) is 0 Å². The molecule has 0 aliphatic carbocycles. The fraction of sp³-hybridized carbons (Fsp3) is 0.267. The molecule has 2 rings (SSSR count).